The Bertz CT molecular complexity index is 3650. The standard InChI is InChI=1S/C54H30N8O4/c63-51-45-47(53(65)61(51)33-21-9-3-10-22-33)57-37(29-55-45)43-42-36-26-14-16-28-40(36)60(32-19-7-2-8-20-32)50(42)44(41-35-25-13-15-27-39(35)59(49(41)43)31-17-5-1-6-18-31)38-30-56-46-48(58-38)54(66)62(52(46)64)34-23-11-4-12-24-34/h1-30H. The van der Waals surface area contributed by atoms with Gasteiger partial charge in [0.05, 0.1) is 57.2 Å². The molecule has 12 heteroatoms. The Labute approximate surface area is 374 Å². The molecule has 4 aromatic heterocycles. The first kappa shape index (κ1) is 37.2. The highest BCUT2D eigenvalue weighted by atomic mass is 16.2. The summed E-state index contributed by atoms with van der Waals surface area (Å²) in [4.78, 5) is 78.5. The van der Waals surface area contributed by atoms with Crippen LogP contribution < -0.4 is 9.80 Å². The lowest BCUT2D eigenvalue weighted by Gasteiger charge is -2.17. The lowest BCUT2D eigenvalue weighted by molar-refractivity contribution is 0.0907. The molecule has 2 aliphatic heterocycles. The molecule has 0 spiro atoms. The predicted molar refractivity (Wildman–Crippen MR) is 252 cm³/mol. The maximum Gasteiger partial charge on any atom is 0.286 e. The normalized spacial score (nSPS) is 13.5. The van der Waals surface area contributed by atoms with Crippen molar-refractivity contribution in [3.8, 4) is 33.9 Å². The smallest absolute Gasteiger partial charge is 0.286 e. The Morgan fingerprint density at radius 2 is 0.652 bits per heavy atom. The lowest BCUT2D eigenvalue weighted by atomic mass is 9.93. The third-order valence-electron chi connectivity index (χ3n) is 12.5. The summed E-state index contributed by atoms with van der Waals surface area (Å²) in [6, 6.07) is 53.5. The molecule has 11 aromatic rings. The quantitative estimate of drug-likeness (QED) is 0.151. The molecule has 6 heterocycles. The number of nitrogens with zero attached hydrogens (tertiary/aromatic N) is 8. The van der Waals surface area contributed by atoms with Gasteiger partial charge < -0.3 is 9.13 Å². The fraction of sp³-hybridized carbons (Fsp3) is 0. The van der Waals surface area contributed by atoms with Gasteiger partial charge in [0.25, 0.3) is 23.6 Å². The number of fused-ring (bicyclic) bond motifs is 8. The molecule has 4 amide bonds. The number of carbonyl (C=O) groups is 4. The molecule has 13 rings (SSSR count). The molecule has 0 radical (unpaired) electrons. The van der Waals surface area contributed by atoms with E-state index in [2.05, 4.69) is 9.13 Å². The first-order valence-electron chi connectivity index (χ1n) is 21.2. The fourth-order valence-electron chi connectivity index (χ4n) is 9.75. The summed E-state index contributed by atoms with van der Waals surface area (Å²) in [6.07, 6.45) is 3.15. The average molecular weight is 855 g/mol. The number of benzene rings is 7. The number of imide groups is 2. The average Bonchev–Trinajstić information content (AvgIpc) is 4.05. The Balaban J connectivity index is 1.21. The summed E-state index contributed by atoms with van der Waals surface area (Å²) in [5, 5.41) is 3.20. The number of hydrogen-bond acceptors (Lipinski definition) is 8. The van der Waals surface area contributed by atoms with Crippen molar-refractivity contribution in [2.75, 3.05) is 9.80 Å². The van der Waals surface area contributed by atoms with Crippen LogP contribution in [0.5, 0.6) is 0 Å². The number of aromatic nitrogens is 6. The van der Waals surface area contributed by atoms with Gasteiger partial charge in [-0.05, 0) is 60.7 Å². The number of amides is 4. The third-order valence-corrected chi connectivity index (χ3v) is 12.5. The van der Waals surface area contributed by atoms with Crippen LogP contribution in [0.1, 0.15) is 42.0 Å². The molecule has 2 aliphatic rings. The van der Waals surface area contributed by atoms with E-state index in [9.17, 15) is 19.2 Å². The molecular formula is C54H30N8O4. The van der Waals surface area contributed by atoms with Crippen molar-refractivity contribution in [2.45, 2.75) is 0 Å². The van der Waals surface area contributed by atoms with E-state index >= 15 is 0 Å². The molecule has 0 N–H and O–H groups in total. The molecule has 0 unspecified atom stereocenters. The summed E-state index contributed by atoms with van der Waals surface area (Å²) in [5.74, 6) is -2.27. The SMILES string of the molecule is O=C1c2ncc(-c3c4c5ccccc5n(-c5ccccc5)c4c(-c4cnc5c(n4)C(=O)N(c4ccccc4)C5=O)c4c5ccccc5n(-c5ccccc5)c34)nc2C(=O)N1c1ccccc1. The van der Waals surface area contributed by atoms with Crippen molar-refractivity contribution in [3.63, 3.8) is 0 Å². The van der Waals surface area contributed by atoms with Gasteiger partial charge >= 0.3 is 0 Å². The number of para-hydroxylation sites is 6. The van der Waals surface area contributed by atoms with Crippen molar-refractivity contribution < 1.29 is 19.2 Å². The van der Waals surface area contributed by atoms with E-state index in [4.69, 9.17) is 19.9 Å². The summed E-state index contributed by atoms with van der Waals surface area (Å²) >= 11 is 0. The minimum Gasteiger partial charge on any atom is -0.309 e. The second-order valence-corrected chi connectivity index (χ2v) is 16.0. The van der Waals surface area contributed by atoms with E-state index in [1.807, 2.05) is 121 Å². The number of anilines is 2. The molecule has 12 nitrogen and oxygen atoms in total. The Morgan fingerprint density at radius 1 is 0.333 bits per heavy atom. The first-order valence-corrected chi connectivity index (χ1v) is 21.2. The molecule has 0 saturated carbocycles. The maximum atomic E-state index is 14.4. The fourth-order valence-corrected chi connectivity index (χ4v) is 9.75. The Morgan fingerprint density at radius 3 is 1.03 bits per heavy atom. The van der Waals surface area contributed by atoms with Crippen LogP contribution in [0.2, 0.25) is 0 Å². The van der Waals surface area contributed by atoms with Crippen molar-refractivity contribution in [1.82, 2.24) is 29.1 Å². The zero-order valence-electron chi connectivity index (χ0n) is 34.5. The largest absolute Gasteiger partial charge is 0.309 e. The zero-order valence-corrected chi connectivity index (χ0v) is 34.5. The summed E-state index contributed by atoms with van der Waals surface area (Å²) in [7, 11) is 0. The topological polar surface area (TPSA) is 136 Å². The monoisotopic (exact) mass is 854 g/mol. The molecule has 7 aromatic carbocycles. The van der Waals surface area contributed by atoms with Crippen LogP contribution in [0.25, 0.3) is 77.5 Å². The maximum absolute atomic E-state index is 14.4. The van der Waals surface area contributed by atoms with Gasteiger partial charge in [0, 0.05) is 44.0 Å². The van der Waals surface area contributed by atoms with Crippen LogP contribution in [-0.2, 0) is 0 Å². The van der Waals surface area contributed by atoms with Gasteiger partial charge in [-0.15, -0.1) is 0 Å². The molecule has 66 heavy (non-hydrogen) atoms. The van der Waals surface area contributed by atoms with Gasteiger partial charge in [-0.3, -0.25) is 19.2 Å². The molecule has 0 bridgehead atoms. The number of rotatable bonds is 6. The third kappa shape index (κ3) is 5.14. The number of hydrogen-bond donors (Lipinski definition) is 0. The van der Waals surface area contributed by atoms with Gasteiger partial charge in [-0.1, -0.05) is 109 Å². The zero-order chi connectivity index (χ0) is 44.2. The van der Waals surface area contributed by atoms with Crippen LogP contribution in [0.3, 0.4) is 0 Å². The minimum atomic E-state index is -0.577. The Kier molecular flexibility index (Phi) is 7.91. The predicted octanol–water partition coefficient (Wildman–Crippen LogP) is 10.4. The van der Waals surface area contributed by atoms with Crippen molar-refractivity contribution in [2.24, 2.45) is 0 Å². The van der Waals surface area contributed by atoms with Crippen LogP contribution >= 0.6 is 0 Å². The highest BCUT2D eigenvalue weighted by Crippen LogP contribution is 2.51. The molecule has 0 saturated heterocycles. The molecule has 0 atom stereocenters. The van der Waals surface area contributed by atoms with Gasteiger partial charge in [-0.25, -0.2) is 29.7 Å². The van der Waals surface area contributed by atoms with Crippen LogP contribution in [-0.4, -0.2) is 52.7 Å². The van der Waals surface area contributed by atoms with Crippen molar-refractivity contribution in [1.29, 1.82) is 0 Å². The van der Waals surface area contributed by atoms with Gasteiger partial charge in [0.1, 0.15) is 0 Å². The van der Waals surface area contributed by atoms with E-state index in [0.717, 1.165) is 53.8 Å². The van der Waals surface area contributed by atoms with Crippen LogP contribution in [0, 0.1) is 0 Å². The lowest BCUT2D eigenvalue weighted by Crippen LogP contribution is -2.29. The van der Waals surface area contributed by atoms with E-state index in [1.165, 1.54) is 0 Å². The van der Waals surface area contributed by atoms with Crippen LogP contribution in [0.15, 0.2) is 182 Å². The minimum absolute atomic E-state index is 0.0378. The summed E-state index contributed by atoms with van der Waals surface area (Å²) < 4.78 is 4.34. The highest BCUT2D eigenvalue weighted by molar-refractivity contribution is 6.36. The number of carbonyl (C=O) groups excluding carboxylic acids is 4. The van der Waals surface area contributed by atoms with Crippen molar-refractivity contribution in [3.05, 3.63) is 205 Å². The van der Waals surface area contributed by atoms with Gasteiger partial charge in [-0.2, -0.15) is 0 Å². The molecular weight excluding hydrogens is 825 g/mol. The first-order chi connectivity index (χ1) is 32.5. The van der Waals surface area contributed by atoms with Gasteiger partial charge in [0.15, 0.2) is 22.8 Å². The second kappa shape index (κ2) is 14.0. The Hall–Kier alpha value is -9.42. The molecule has 0 fully saturated rings. The van der Waals surface area contributed by atoms with E-state index in [-0.39, 0.29) is 22.8 Å². The van der Waals surface area contributed by atoms with E-state index < -0.39 is 23.6 Å². The summed E-state index contributed by atoms with van der Waals surface area (Å²) in [5.41, 5.74) is 7.49. The van der Waals surface area contributed by atoms with Crippen molar-refractivity contribution >= 4 is 78.6 Å². The van der Waals surface area contributed by atoms with Gasteiger partial charge in [0.2, 0.25) is 0 Å². The highest BCUT2D eigenvalue weighted by Gasteiger charge is 2.42. The molecule has 0 aliphatic carbocycles. The van der Waals surface area contributed by atoms with E-state index in [1.54, 1.807) is 60.9 Å². The van der Waals surface area contributed by atoms with E-state index in [0.29, 0.717) is 44.9 Å². The molecule has 310 valence electrons. The van der Waals surface area contributed by atoms with Crippen LogP contribution in [0.4, 0.5) is 11.4 Å². The summed E-state index contributed by atoms with van der Waals surface area (Å²) in [6.45, 7) is 0. The second-order valence-electron chi connectivity index (χ2n) is 16.0.